The zero-order valence-electron chi connectivity index (χ0n) is 87.8. The molecule has 9 rings (SSSR count). The summed E-state index contributed by atoms with van der Waals surface area (Å²) in [7, 11) is 0. The summed E-state index contributed by atoms with van der Waals surface area (Å²) in [6.07, 6.45) is 29.8. The van der Waals surface area contributed by atoms with Gasteiger partial charge in [0, 0.05) is 111 Å². The van der Waals surface area contributed by atoms with Crippen LogP contribution in [0.4, 0.5) is 0 Å². The molecule has 2 aliphatic carbocycles. The van der Waals surface area contributed by atoms with Crippen molar-refractivity contribution in [3.05, 3.63) is 12.3 Å². The van der Waals surface area contributed by atoms with Crippen molar-refractivity contribution >= 4 is 34.8 Å². The third-order valence-electron chi connectivity index (χ3n) is 18.6. The van der Waals surface area contributed by atoms with E-state index in [9.17, 15) is 4.79 Å². The summed E-state index contributed by atoms with van der Waals surface area (Å²) in [5.41, 5.74) is 2.57. The average Bonchev–Trinajstić information content (AvgIpc) is 0.779. The third-order valence-corrected chi connectivity index (χ3v) is 19.0. The van der Waals surface area contributed by atoms with E-state index < -0.39 is 0 Å². The minimum atomic E-state index is 0.334. The van der Waals surface area contributed by atoms with Gasteiger partial charge in [0.1, 0.15) is 0 Å². The van der Waals surface area contributed by atoms with Crippen molar-refractivity contribution in [1.29, 1.82) is 0 Å². The second-order valence-electron chi connectivity index (χ2n) is 36.9. The first-order valence-corrected chi connectivity index (χ1v) is 49.8. The van der Waals surface area contributed by atoms with Crippen LogP contribution in [0.1, 0.15) is 473 Å². The van der Waals surface area contributed by atoms with E-state index in [-0.39, 0.29) is 0 Å². The van der Waals surface area contributed by atoms with Crippen LogP contribution in [-0.2, 0) is 14.3 Å². The molecule has 1 amide bonds. The Balaban J connectivity index is -0.000000130. The summed E-state index contributed by atoms with van der Waals surface area (Å²) in [5.74, 6) is 10.8. The number of amidine groups is 2. The molecule has 0 N–H and O–H groups in total. The number of ether oxygens (including phenoxy) is 2. The lowest BCUT2D eigenvalue weighted by molar-refractivity contribution is -0.171. The van der Waals surface area contributed by atoms with Gasteiger partial charge in [0.25, 0.3) is 0 Å². The summed E-state index contributed by atoms with van der Waals surface area (Å²) in [4.78, 5) is 33.3. The van der Waals surface area contributed by atoms with Crippen LogP contribution in [0.5, 0.6) is 0 Å². The van der Waals surface area contributed by atoms with E-state index >= 15 is 0 Å². The van der Waals surface area contributed by atoms with Crippen molar-refractivity contribution in [2.24, 2.45) is 74.1 Å². The maximum atomic E-state index is 11.2. The summed E-state index contributed by atoms with van der Waals surface area (Å²) >= 11 is 5.23. The monoisotopic (exact) mass is 1640 g/mol. The highest BCUT2D eigenvalue weighted by Crippen LogP contribution is 2.50. The first kappa shape index (κ1) is 132. The molecule has 2 spiro atoms. The van der Waals surface area contributed by atoms with E-state index in [2.05, 4.69) is 265 Å². The molecule has 0 aromatic carbocycles. The molecule has 0 bridgehead atoms. The number of likely N-dealkylation sites (tertiary alicyclic amines) is 5. The number of aliphatic imine (C=N–C) groups is 2. The number of thiocarbonyl (C=S) groups is 1. The van der Waals surface area contributed by atoms with E-state index in [4.69, 9.17) is 21.7 Å². The van der Waals surface area contributed by atoms with Gasteiger partial charge in [-0.05, 0) is 253 Å². The van der Waals surface area contributed by atoms with Gasteiger partial charge in [-0.2, -0.15) is 0 Å². The van der Waals surface area contributed by atoms with Crippen LogP contribution in [0, 0.1) is 64.1 Å². The van der Waals surface area contributed by atoms with Gasteiger partial charge in [-0.1, -0.05) is 273 Å². The summed E-state index contributed by atoms with van der Waals surface area (Å²) in [6.45, 7) is 115. The molecule has 7 aliphatic heterocycles. The standard InChI is InChI=1S/2C11H22N2.2C11H20O.C9H17N.C8H15NO.C8H15NS.5C4H10.7C2H6/c2*1-9(2)12-11-7-5-6-8-13(11)10(3)4;2*1-9(2)10-5-3-4-6-11(10)7-12-8-11;1-8(2)10-7-5-4-6-9(10)3;2*1-7(2)9-6-4-3-5-8(9)10;5*1-4(2)3;7*1-2/h2*9-10H,5-8H2,1-4H3;2*9-10H,3-8H2,1-2H3;8H,3-7H2,1-2H3;2*7H,3-6H2,1-2H3;5*4H,1-3H3;7*1-2H3. The maximum absolute atomic E-state index is 11.2. The van der Waals surface area contributed by atoms with E-state index in [1.807, 2.05) is 102 Å². The molecule has 2 unspecified atom stereocenters. The molecule has 0 radical (unpaired) electrons. The maximum Gasteiger partial charge on any atom is 0.222 e. The zero-order valence-corrected chi connectivity index (χ0v) is 88.7. The van der Waals surface area contributed by atoms with Crippen LogP contribution >= 0.6 is 12.2 Å². The predicted molar refractivity (Wildman–Crippen MR) is 532 cm³/mol. The van der Waals surface area contributed by atoms with Gasteiger partial charge in [0.2, 0.25) is 5.91 Å². The molecule has 7 heterocycles. The highest BCUT2D eigenvalue weighted by atomic mass is 32.1. The fraction of sp³-hybridized carbons (Fsp3) is 0.942. The minimum absolute atomic E-state index is 0.334. The van der Waals surface area contributed by atoms with Crippen LogP contribution in [0.25, 0.3) is 0 Å². The molecule has 9 aliphatic rings. The van der Waals surface area contributed by atoms with Crippen molar-refractivity contribution in [2.45, 2.75) is 515 Å². The normalized spacial score (nSPS) is 19.4. The second-order valence-corrected chi connectivity index (χ2v) is 37.4. The average molecular weight is 1640 g/mol. The molecular weight excluding hydrogens is 1420 g/mol. The third kappa shape index (κ3) is 73.7. The largest absolute Gasteiger partial charge is 0.380 e. The van der Waals surface area contributed by atoms with Crippen molar-refractivity contribution in [3.63, 3.8) is 0 Å². The Bertz CT molecular complexity index is 1840. The van der Waals surface area contributed by atoms with Crippen LogP contribution in [-0.4, -0.2) is 149 Å². The van der Waals surface area contributed by atoms with Crippen LogP contribution < -0.4 is 0 Å². The molecule has 10 nitrogen and oxygen atoms in total. The molecule has 0 aromatic heterocycles. The number of hydrogen-bond donors (Lipinski definition) is 0. The number of carbonyl (C=O) groups excluding carboxylic acids is 1. The van der Waals surface area contributed by atoms with E-state index in [0.717, 1.165) is 105 Å². The lowest BCUT2D eigenvalue weighted by atomic mass is 9.61. The van der Waals surface area contributed by atoms with E-state index in [1.165, 1.54) is 177 Å². The Morgan fingerprint density at radius 1 is 0.316 bits per heavy atom. The van der Waals surface area contributed by atoms with Gasteiger partial charge < -0.3 is 34.0 Å². The quantitative estimate of drug-likeness (QED) is 0.211. The number of nitrogens with zero attached hydrogens (tertiary/aromatic N) is 7. The van der Waals surface area contributed by atoms with Gasteiger partial charge in [0.05, 0.1) is 43.1 Å². The van der Waals surface area contributed by atoms with Gasteiger partial charge in [-0.3, -0.25) is 14.8 Å². The number of amides is 1. The summed E-state index contributed by atoms with van der Waals surface area (Å²) in [6, 6.07) is 3.74. The first-order valence-electron chi connectivity index (χ1n) is 49.4. The number of piperidine rings is 5. The Hall–Kier alpha value is -2.24. The minimum Gasteiger partial charge on any atom is -0.380 e. The Morgan fingerprint density at radius 3 is 0.737 bits per heavy atom. The topological polar surface area (TPSA) is 76.5 Å². The highest BCUT2D eigenvalue weighted by Gasteiger charge is 2.48. The fourth-order valence-corrected chi connectivity index (χ4v) is 14.6. The lowest BCUT2D eigenvalue weighted by Crippen LogP contribution is -2.51. The van der Waals surface area contributed by atoms with E-state index in [0.29, 0.717) is 59.0 Å². The molecule has 114 heavy (non-hydrogen) atoms. The fourth-order valence-electron chi connectivity index (χ4n) is 14.1. The van der Waals surface area contributed by atoms with Gasteiger partial charge in [-0.15, -0.1) is 0 Å². The number of carbonyl (C=O) groups is 1. The molecule has 7 saturated heterocycles. The van der Waals surface area contributed by atoms with Crippen LogP contribution in [0.15, 0.2) is 22.3 Å². The molecule has 694 valence electrons. The van der Waals surface area contributed by atoms with Crippen molar-refractivity contribution in [2.75, 3.05) is 59.2 Å². The smallest absolute Gasteiger partial charge is 0.222 e. The van der Waals surface area contributed by atoms with Gasteiger partial charge in [0.15, 0.2) is 0 Å². The summed E-state index contributed by atoms with van der Waals surface area (Å²) < 4.78 is 10.8. The summed E-state index contributed by atoms with van der Waals surface area (Å²) in [5, 5.41) is 0. The Kier molecular flexibility index (Phi) is 101. The van der Waals surface area contributed by atoms with E-state index in [1.54, 1.807) is 0 Å². The zero-order chi connectivity index (χ0) is 91.5. The van der Waals surface area contributed by atoms with Crippen molar-refractivity contribution < 1.29 is 14.3 Å². The van der Waals surface area contributed by atoms with Crippen molar-refractivity contribution in [1.82, 2.24) is 24.5 Å². The molecular formula is C103H223N7O3S. The molecule has 2 atom stereocenters. The highest BCUT2D eigenvalue weighted by molar-refractivity contribution is 7.80. The Labute approximate surface area is 730 Å². The number of hydrogen-bond acceptors (Lipinski definition) is 7. The second kappa shape index (κ2) is 87.1. The first-order chi connectivity index (χ1) is 53.5. The lowest BCUT2D eigenvalue weighted by Gasteiger charge is -2.51. The Morgan fingerprint density at radius 2 is 0.553 bits per heavy atom. The molecule has 9 fully saturated rings. The van der Waals surface area contributed by atoms with Gasteiger partial charge >= 0.3 is 0 Å². The van der Waals surface area contributed by atoms with Crippen LogP contribution in [0.2, 0.25) is 0 Å². The molecule has 0 aromatic rings. The number of rotatable bonds is 9. The van der Waals surface area contributed by atoms with Gasteiger partial charge in [-0.25, -0.2) is 0 Å². The SMILES string of the molecule is C=C1CCCCN1C(C)C.CC.CC.CC.CC.CC.CC.CC.CC(C)C.CC(C)C.CC(C)C.CC(C)C.CC(C)C.CC(C)C1CCCCC12COC2.CC(C)C1CCCCC12COC2.CC(C)N1CCCCC1=O.CC(C)N1CCCCC1=S.CC(C)N=C1CCCCN1C(C)C.CC(C)N=C1CCCCN1C(C)C. The predicted octanol–water partition coefficient (Wildman–Crippen LogP) is 32.6. The molecule has 11 heteroatoms. The van der Waals surface area contributed by atoms with Crippen LogP contribution in [0.3, 0.4) is 0 Å². The molecule has 2 saturated carbocycles. The number of allylic oxidation sites excluding steroid dienone is 1. The van der Waals surface area contributed by atoms with Crippen molar-refractivity contribution in [3.8, 4) is 0 Å².